The maximum atomic E-state index is 6.52. The van der Waals surface area contributed by atoms with Crippen LogP contribution in [0.1, 0.15) is 101 Å². The Morgan fingerprint density at radius 3 is 1.89 bits per heavy atom. The minimum Gasteiger partial charge on any atom is -0.465 e. The zero-order chi connectivity index (χ0) is 22.0. The van der Waals surface area contributed by atoms with Gasteiger partial charge in [0.25, 0.3) is 0 Å². The maximum Gasteiger partial charge on any atom is 0.109 e. The van der Waals surface area contributed by atoms with Crippen LogP contribution < -0.4 is 5.73 Å². The van der Waals surface area contributed by atoms with E-state index in [1.807, 2.05) is 0 Å². The van der Waals surface area contributed by atoms with E-state index in [1.54, 1.807) is 11.8 Å². The number of hydrogen-bond donors (Lipinski definition) is 1. The van der Waals surface area contributed by atoms with Gasteiger partial charge >= 0.3 is 0 Å². The van der Waals surface area contributed by atoms with Crippen molar-refractivity contribution in [3.05, 3.63) is 45.7 Å². The van der Waals surface area contributed by atoms with Gasteiger partial charge in [0.05, 0.1) is 0 Å². The Kier molecular flexibility index (Phi) is 7.78. The van der Waals surface area contributed by atoms with Crippen molar-refractivity contribution in [1.29, 1.82) is 0 Å². The van der Waals surface area contributed by atoms with E-state index in [9.17, 15) is 0 Å². The molecule has 0 amide bonds. The molecule has 2 N–H and O–H groups in total. The third kappa shape index (κ3) is 6.76. The summed E-state index contributed by atoms with van der Waals surface area (Å²) in [7, 11) is 0. The van der Waals surface area contributed by atoms with E-state index in [1.165, 1.54) is 4.91 Å². The van der Waals surface area contributed by atoms with Crippen LogP contribution in [0.5, 0.6) is 0 Å². The SMILES string of the molecule is C/C=C(\S/C=C(\N)C(C)(C)CCC(C)(C)c1ccc(C(C)(C)C)o1)C(C)(C)C. The van der Waals surface area contributed by atoms with Crippen molar-refractivity contribution in [1.82, 2.24) is 0 Å². The van der Waals surface area contributed by atoms with E-state index in [0.29, 0.717) is 0 Å². The van der Waals surface area contributed by atoms with Gasteiger partial charge in [-0.2, -0.15) is 0 Å². The lowest BCUT2D eigenvalue weighted by atomic mass is 9.76. The molecule has 28 heavy (non-hydrogen) atoms. The van der Waals surface area contributed by atoms with Crippen LogP contribution in [0.2, 0.25) is 0 Å². The van der Waals surface area contributed by atoms with Gasteiger partial charge in [-0.15, -0.1) is 11.8 Å². The zero-order valence-electron chi connectivity index (χ0n) is 20.1. The molecule has 0 aliphatic rings. The molecule has 0 radical (unpaired) electrons. The maximum absolute atomic E-state index is 6.52. The first-order valence-electron chi connectivity index (χ1n) is 10.4. The Balaban J connectivity index is 2.85. The van der Waals surface area contributed by atoms with Gasteiger partial charge in [0.1, 0.15) is 11.5 Å². The normalized spacial score (nSPS) is 15.2. The Bertz CT molecular complexity index is 706. The molecule has 1 rings (SSSR count). The Labute approximate surface area is 178 Å². The fourth-order valence-electron chi connectivity index (χ4n) is 2.96. The first kappa shape index (κ1) is 24.9. The quantitative estimate of drug-likeness (QED) is 0.497. The second-order valence-electron chi connectivity index (χ2n) is 11.3. The van der Waals surface area contributed by atoms with Crippen molar-refractivity contribution in [3.8, 4) is 0 Å². The van der Waals surface area contributed by atoms with Crippen molar-refractivity contribution in [3.63, 3.8) is 0 Å². The van der Waals surface area contributed by atoms with Crippen LogP contribution in [0, 0.1) is 10.8 Å². The third-order valence-electron chi connectivity index (χ3n) is 5.48. The first-order valence-corrected chi connectivity index (χ1v) is 11.3. The Hall–Kier alpha value is -1.09. The van der Waals surface area contributed by atoms with Crippen molar-refractivity contribution >= 4 is 11.8 Å². The van der Waals surface area contributed by atoms with Crippen LogP contribution in [0.25, 0.3) is 0 Å². The van der Waals surface area contributed by atoms with Crippen molar-refractivity contribution in [2.24, 2.45) is 16.6 Å². The monoisotopic (exact) mass is 405 g/mol. The predicted molar refractivity (Wildman–Crippen MR) is 127 cm³/mol. The molecule has 0 saturated heterocycles. The molecule has 0 fully saturated rings. The molecule has 0 spiro atoms. The molecule has 3 heteroatoms. The Morgan fingerprint density at radius 2 is 1.46 bits per heavy atom. The summed E-state index contributed by atoms with van der Waals surface area (Å²) in [6, 6.07) is 4.27. The molecule has 2 nitrogen and oxygen atoms in total. The van der Waals surface area contributed by atoms with Crippen LogP contribution >= 0.6 is 11.8 Å². The molecule has 1 aromatic heterocycles. The molecule has 1 heterocycles. The summed E-state index contributed by atoms with van der Waals surface area (Å²) in [4.78, 5) is 1.34. The summed E-state index contributed by atoms with van der Waals surface area (Å²) in [6.07, 6.45) is 4.22. The lowest BCUT2D eigenvalue weighted by Crippen LogP contribution is -2.25. The van der Waals surface area contributed by atoms with E-state index in [-0.39, 0.29) is 21.7 Å². The standard InChI is InChI=1S/C25H43NOS/c1-12-21(23(5,6)7)28-17-18(26)24(8,9)15-16-25(10,11)20-14-13-19(27-20)22(2,3)4/h12-14,17H,15-16,26H2,1-11H3/b18-17-,21-12-. The van der Waals surface area contributed by atoms with Crippen LogP contribution in [-0.2, 0) is 10.8 Å². The van der Waals surface area contributed by atoms with Gasteiger partial charge < -0.3 is 10.2 Å². The highest BCUT2D eigenvalue weighted by Crippen LogP contribution is 2.41. The van der Waals surface area contributed by atoms with Gasteiger partial charge in [0, 0.05) is 21.9 Å². The topological polar surface area (TPSA) is 39.2 Å². The number of allylic oxidation sites excluding steroid dienone is 3. The highest BCUT2D eigenvalue weighted by molar-refractivity contribution is 8.05. The fourth-order valence-corrected chi connectivity index (χ4v) is 4.02. The molecule has 0 aliphatic heterocycles. The lowest BCUT2D eigenvalue weighted by Gasteiger charge is -2.31. The second kappa shape index (κ2) is 8.73. The average molecular weight is 406 g/mol. The molecular formula is C25H43NOS. The van der Waals surface area contributed by atoms with Gasteiger partial charge in [-0.05, 0) is 47.6 Å². The van der Waals surface area contributed by atoms with Crippen LogP contribution in [-0.4, -0.2) is 0 Å². The van der Waals surface area contributed by atoms with Crippen LogP contribution in [0.15, 0.2) is 38.6 Å². The summed E-state index contributed by atoms with van der Waals surface area (Å²) in [6.45, 7) is 24.4. The summed E-state index contributed by atoms with van der Waals surface area (Å²) < 4.78 is 6.21. The molecule has 0 aliphatic carbocycles. The predicted octanol–water partition coefficient (Wildman–Crippen LogP) is 8.14. The molecule has 160 valence electrons. The number of nitrogens with two attached hydrogens (primary N) is 1. The fraction of sp³-hybridized carbons (Fsp3) is 0.680. The number of furan rings is 1. The summed E-state index contributed by atoms with van der Waals surface area (Å²) >= 11 is 1.75. The summed E-state index contributed by atoms with van der Waals surface area (Å²) in [5.74, 6) is 2.11. The van der Waals surface area contributed by atoms with Crippen molar-refractivity contribution < 1.29 is 4.42 Å². The smallest absolute Gasteiger partial charge is 0.109 e. The van der Waals surface area contributed by atoms with Gasteiger partial charge in [-0.3, -0.25) is 0 Å². The summed E-state index contributed by atoms with van der Waals surface area (Å²) in [5, 5.41) is 2.14. The van der Waals surface area contributed by atoms with E-state index in [2.05, 4.69) is 99.8 Å². The Morgan fingerprint density at radius 1 is 0.929 bits per heavy atom. The van der Waals surface area contributed by atoms with Gasteiger partial charge in [-0.1, -0.05) is 75.3 Å². The molecular weight excluding hydrogens is 362 g/mol. The van der Waals surface area contributed by atoms with E-state index < -0.39 is 0 Å². The minimum atomic E-state index is -0.0551. The third-order valence-corrected chi connectivity index (χ3v) is 6.96. The van der Waals surface area contributed by atoms with Gasteiger partial charge in [0.15, 0.2) is 0 Å². The van der Waals surface area contributed by atoms with Crippen LogP contribution in [0.3, 0.4) is 0 Å². The molecule has 1 aromatic rings. The first-order chi connectivity index (χ1) is 12.5. The zero-order valence-corrected chi connectivity index (χ0v) is 20.9. The van der Waals surface area contributed by atoms with E-state index >= 15 is 0 Å². The highest BCUT2D eigenvalue weighted by atomic mass is 32.2. The molecule has 0 unspecified atom stereocenters. The number of rotatable bonds is 7. The van der Waals surface area contributed by atoms with Gasteiger partial charge in [0.2, 0.25) is 0 Å². The van der Waals surface area contributed by atoms with Crippen molar-refractivity contribution in [2.75, 3.05) is 0 Å². The molecule has 0 saturated carbocycles. The second-order valence-corrected chi connectivity index (χ2v) is 12.2. The minimum absolute atomic E-state index is 0.0198. The molecule has 0 aromatic carbocycles. The van der Waals surface area contributed by atoms with Crippen molar-refractivity contribution in [2.45, 2.75) is 99.8 Å². The largest absolute Gasteiger partial charge is 0.465 e. The highest BCUT2D eigenvalue weighted by Gasteiger charge is 2.31. The molecule has 0 atom stereocenters. The number of thioether (sulfide) groups is 1. The van der Waals surface area contributed by atoms with Gasteiger partial charge in [-0.25, -0.2) is 0 Å². The average Bonchev–Trinajstić information content (AvgIpc) is 3.03. The van der Waals surface area contributed by atoms with Crippen LogP contribution in [0.4, 0.5) is 0 Å². The lowest BCUT2D eigenvalue weighted by molar-refractivity contribution is 0.281. The van der Waals surface area contributed by atoms with E-state index in [4.69, 9.17) is 10.2 Å². The van der Waals surface area contributed by atoms with E-state index in [0.717, 1.165) is 30.1 Å². The molecule has 0 bridgehead atoms. The number of hydrogen-bond acceptors (Lipinski definition) is 3. The summed E-state index contributed by atoms with van der Waals surface area (Å²) in [5.41, 5.74) is 7.57.